The van der Waals surface area contributed by atoms with E-state index in [2.05, 4.69) is 36.3 Å². The van der Waals surface area contributed by atoms with Gasteiger partial charge in [-0.1, -0.05) is 20.8 Å². The molecule has 1 saturated carbocycles. The van der Waals surface area contributed by atoms with E-state index in [0.29, 0.717) is 16.9 Å². The zero-order chi connectivity index (χ0) is 14.3. The van der Waals surface area contributed by atoms with E-state index < -0.39 is 0 Å². The Hall–Kier alpha value is -1.69. The van der Waals surface area contributed by atoms with E-state index in [0.717, 1.165) is 12.8 Å². The quantitative estimate of drug-likeness (QED) is 0.944. The third-order valence-electron chi connectivity index (χ3n) is 3.31. The molecule has 0 saturated heterocycles. The van der Waals surface area contributed by atoms with Crippen molar-refractivity contribution < 1.29 is 4.79 Å². The fourth-order valence-electron chi connectivity index (χ4n) is 1.98. The smallest absolute Gasteiger partial charge is 0.268 e. The standard InChI is InChI=1S/C14H18N4OS/c1-14(2,3)11-7-6-10(20-11)12(19)16-13-17-15-8-18(13)9-4-5-9/h6-9H,4-5H2,1-3H3,(H,16,17,19). The second-order valence-corrected chi connectivity index (χ2v) is 7.24. The van der Waals surface area contributed by atoms with Crippen molar-refractivity contribution in [3.8, 4) is 0 Å². The van der Waals surface area contributed by atoms with Crippen LogP contribution in [0.15, 0.2) is 18.5 Å². The lowest BCUT2D eigenvalue weighted by Gasteiger charge is -2.15. The number of anilines is 1. The summed E-state index contributed by atoms with van der Waals surface area (Å²) in [6.45, 7) is 6.43. The SMILES string of the molecule is CC(C)(C)c1ccc(C(=O)Nc2nncn2C2CC2)s1. The maximum absolute atomic E-state index is 12.3. The van der Waals surface area contributed by atoms with E-state index >= 15 is 0 Å². The van der Waals surface area contributed by atoms with E-state index in [-0.39, 0.29) is 11.3 Å². The van der Waals surface area contributed by atoms with E-state index in [9.17, 15) is 4.79 Å². The summed E-state index contributed by atoms with van der Waals surface area (Å²) in [5.74, 6) is 0.434. The molecule has 0 bridgehead atoms. The summed E-state index contributed by atoms with van der Waals surface area (Å²) >= 11 is 1.53. The van der Waals surface area contributed by atoms with Gasteiger partial charge < -0.3 is 0 Å². The molecule has 3 rings (SSSR count). The predicted molar refractivity (Wildman–Crippen MR) is 79.3 cm³/mol. The van der Waals surface area contributed by atoms with Crippen LogP contribution in [0.2, 0.25) is 0 Å². The van der Waals surface area contributed by atoms with Crippen LogP contribution >= 0.6 is 11.3 Å². The highest BCUT2D eigenvalue weighted by Crippen LogP contribution is 2.36. The van der Waals surface area contributed by atoms with Gasteiger partial charge in [0.25, 0.3) is 5.91 Å². The first-order valence-electron chi connectivity index (χ1n) is 6.76. The maximum Gasteiger partial charge on any atom is 0.268 e. The number of carbonyl (C=O) groups excluding carboxylic acids is 1. The minimum atomic E-state index is -0.111. The molecule has 1 N–H and O–H groups in total. The van der Waals surface area contributed by atoms with Crippen LogP contribution in [0, 0.1) is 0 Å². The molecule has 0 spiro atoms. The predicted octanol–water partition coefficient (Wildman–Crippen LogP) is 3.22. The van der Waals surface area contributed by atoms with Gasteiger partial charge in [0.15, 0.2) is 0 Å². The summed E-state index contributed by atoms with van der Waals surface area (Å²) in [4.78, 5) is 14.2. The van der Waals surface area contributed by atoms with Crippen LogP contribution in [0.1, 0.15) is 54.2 Å². The van der Waals surface area contributed by atoms with Crippen LogP contribution in [-0.4, -0.2) is 20.7 Å². The van der Waals surface area contributed by atoms with Crippen LogP contribution in [0.5, 0.6) is 0 Å². The van der Waals surface area contributed by atoms with Gasteiger partial charge in [-0.15, -0.1) is 21.5 Å². The molecule has 1 fully saturated rings. The Balaban J connectivity index is 1.76. The van der Waals surface area contributed by atoms with Gasteiger partial charge in [-0.05, 0) is 30.4 Å². The Morgan fingerprint density at radius 1 is 1.40 bits per heavy atom. The number of nitrogens with zero attached hydrogens (tertiary/aromatic N) is 3. The Labute approximate surface area is 122 Å². The Morgan fingerprint density at radius 3 is 2.75 bits per heavy atom. The Kier molecular flexibility index (Phi) is 3.12. The number of thiophene rings is 1. The Morgan fingerprint density at radius 2 is 2.15 bits per heavy atom. The van der Waals surface area contributed by atoms with Crippen LogP contribution in [0.4, 0.5) is 5.95 Å². The van der Waals surface area contributed by atoms with Crippen LogP contribution in [0.25, 0.3) is 0 Å². The summed E-state index contributed by atoms with van der Waals surface area (Å²) in [5.41, 5.74) is 0.0667. The van der Waals surface area contributed by atoms with Gasteiger partial charge in [0.05, 0.1) is 4.88 Å². The Bertz CT molecular complexity index is 634. The topological polar surface area (TPSA) is 59.8 Å². The summed E-state index contributed by atoms with van der Waals surface area (Å²) in [7, 11) is 0. The van der Waals surface area contributed by atoms with Gasteiger partial charge in [0.2, 0.25) is 5.95 Å². The average molecular weight is 290 g/mol. The van der Waals surface area contributed by atoms with Gasteiger partial charge in [0, 0.05) is 10.9 Å². The molecule has 20 heavy (non-hydrogen) atoms. The first-order valence-corrected chi connectivity index (χ1v) is 7.58. The summed E-state index contributed by atoms with van der Waals surface area (Å²) in [6.07, 6.45) is 3.95. The molecule has 0 unspecified atom stereocenters. The lowest BCUT2D eigenvalue weighted by Crippen LogP contribution is -2.14. The molecule has 0 aromatic carbocycles. The van der Waals surface area contributed by atoms with Crippen molar-refractivity contribution in [1.29, 1.82) is 0 Å². The average Bonchev–Trinajstić information content (AvgIpc) is 2.91. The molecular formula is C14H18N4OS. The highest BCUT2D eigenvalue weighted by molar-refractivity contribution is 7.14. The molecule has 1 aliphatic rings. The fourth-order valence-corrected chi connectivity index (χ4v) is 2.94. The van der Waals surface area contributed by atoms with Gasteiger partial charge in [-0.25, -0.2) is 0 Å². The van der Waals surface area contributed by atoms with Crippen LogP contribution < -0.4 is 5.32 Å². The molecule has 1 amide bonds. The molecule has 6 heteroatoms. The highest BCUT2D eigenvalue weighted by atomic mass is 32.1. The number of hydrogen-bond donors (Lipinski definition) is 1. The normalized spacial score (nSPS) is 15.3. The molecule has 1 aliphatic carbocycles. The molecule has 2 aromatic heterocycles. The second kappa shape index (κ2) is 4.70. The first kappa shape index (κ1) is 13.3. The number of hydrogen-bond acceptors (Lipinski definition) is 4. The van der Waals surface area contributed by atoms with Crippen molar-refractivity contribution in [3.05, 3.63) is 28.2 Å². The van der Waals surface area contributed by atoms with Crippen molar-refractivity contribution in [2.75, 3.05) is 5.32 Å². The summed E-state index contributed by atoms with van der Waals surface area (Å²) < 4.78 is 1.94. The number of aromatic nitrogens is 3. The number of carbonyl (C=O) groups is 1. The minimum Gasteiger partial charge on any atom is -0.297 e. The fraction of sp³-hybridized carbons (Fsp3) is 0.500. The monoisotopic (exact) mass is 290 g/mol. The molecule has 2 aromatic rings. The van der Waals surface area contributed by atoms with Crippen molar-refractivity contribution in [2.45, 2.75) is 45.1 Å². The lowest BCUT2D eigenvalue weighted by molar-refractivity contribution is 0.102. The number of amides is 1. The van der Waals surface area contributed by atoms with Crippen molar-refractivity contribution >= 4 is 23.2 Å². The molecule has 0 atom stereocenters. The van der Waals surface area contributed by atoms with Crippen LogP contribution in [0.3, 0.4) is 0 Å². The van der Waals surface area contributed by atoms with E-state index in [1.54, 1.807) is 6.33 Å². The van der Waals surface area contributed by atoms with Gasteiger partial charge in [-0.3, -0.25) is 14.7 Å². The van der Waals surface area contributed by atoms with E-state index in [1.807, 2.05) is 16.7 Å². The largest absolute Gasteiger partial charge is 0.297 e. The van der Waals surface area contributed by atoms with Crippen LogP contribution in [-0.2, 0) is 5.41 Å². The molecule has 0 radical (unpaired) electrons. The summed E-state index contributed by atoms with van der Waals surface area (Å²) in [5, 5.41) is 10.7. The van der Waals surface area contributed by atoms with E-state index in [4.69, 9.17) is 0 Å². The zero-order valence-electron chi connectivity index (χ0n) is 11.9. The van der Waals surface area contributed by atoms with Gasteiger partial charge in [-0.2, -0.15) is 0 Å². The maximum atomic E-state index is 12.3. The molecule has 106 valence electrons. The first-order chi connectivity index (χ1) is 9.45. The lowest BCUT2D eigenvalue weighted by atomic mass is 9.95. The van der Waals surface area contributed by atoms with Gasteiger partial charge >= 0.3 is 0 Å². The number of nitrogens with one attached hydrogen (secondary N) is 1. The molecule has 2 heterocycles. The summed E-state index contributed by atoms with van der Waals surface area (Å²) in [6, 6.07) is 4.35. The van der Waals surface area contributed by atoms with Gasteiger partial charge in [0.1, 0.15) is 6.33 Å². The third kappa shape index (κ3) is 2.60. The highest BCUT2D eigenvalue weighted by Gasteiger charge is 2.27. The van der Waals surface area contributed by atoms with Crippen molar-refractivity contribution in [1.82, 2.24) is 14.8 Å². The number of rotatable bonds is 3. The zero-order valence-corrected chi connectivity index (χ0v) is 12.7. The van der Waals surface area contributed by atoms with Crippen molar-refractivity contribution in [3.63, 3.8) is 0 Å². The van der Waals surface area contributed by atoms with E-state index in [1.165, 1.54) is 16.2 Å². The molecule has 5 nitrogen and oxygen atoms in total. The third-order valence-corrected chi connectivity index (χ3v) is 4.82. The minimum absolute atomic E-state index is 0.0667. The molecule has 0 aliphatic heterocycles. The van der Waals surface area contributed by atoms with Crippen molar-refractivity contribution in [2.24, 2.45) is 0 Å². The second-order valence-electron chi connectivity index (χ2n) is 6.16. The molecular weight excluding hydrogens is 272 g/mol.